The van der Waals surface area contributed by atoms with Gasteiger partial charge in [0.05, 0.1) is 29.2 Å². The lowest BCUT2D eigenvalue weighted by Crippen LogP contribution is -2.50. The van der Waals surface area contributed by atoms with Crippen LogP contribution >= 0.6 is 0 Å². The molecule has 3 rings (SSSR count). The number of nitrogens with one attached hydrogen (secondary N) is 2. The Hall–Kier alpha value is -2.34. The zero-order valence-corrected chi connectivity index (χ0v) is 14.2. The molecule has 0 bridgehead atoms. The number of amides is 2. The molecule has 0 atom stereocenters. The molecule has 0 aliphatic heterocycles. The summed E-state index contributed by atoms with van der Waals surface area (Å²) in [4.78, 5) is 12.4. The number of aryl methyl sites for hydroxylation is 2. The minimum absolute atomic E-state index is 0.0282. The number of nitrogens with zero attached hydrogens (tertiary/aromatic N) is 2. The molecule has 0 radical (unpaired) electrons. The summed E-state index contributed by atoms with van der Waals surface area (Å²) in [6.45, 7) is 3.90. The number of carbonyl (C=O) groups excluding carboxylic acids is 1. The maximum Gasteiger partial charge on any atom is 0.319 e. The van der Waals surface area contributed by atoms with E-state index in [9.17, 15) is 9.90 Å². The molecule has 0 saturated heterocycles. The number of urea groups is 1. The number of carbonyl (C=O) groups is 1. The lowest BCUT2D eigenvalue weighted by Gasteiger charge is -2.28. The third kappa shape index (κ3) is 3.28. The Balaban J connectivity index is 1.81. The molecular weight excluding hydrogens is 304 g/mol. The van der Waals surface area contributed by atoms with Crippen LogP contribution in [0.15, 0.2) is 30.3 Å². The first-order valence-corrected chi connectivity index (χ1v) is 8.36. The monoisotopic (exact) mass is 328 g/mol. The van der Waals surface area contributed by atoms with Crippen molar-refractivity contribution in [2.24, 2.45) is 0 Å². The van der Waals surface area contributed by atoms with Crippen molar-refractivity contribution < 1.29 is 9.90 Å². The molecule has 2 aromatic rings. The van der Waals surface area contributed by atoms with Crippen LogP contribution in [0.1, 0.15) is 37.1 Å². The molecule has 0 unspecified atom stereocenters. The molecule has 1 aromatic heterocycles. The first-order chi connectivity index (χ1) is 11.5. The van der Waals surface area contributed by atoms with E-state index >= 15 is 0 Å². The quantitative estimate of drug-likeness (QED) is 0.807. The molecule has 0 spiro atoms. The largest absolute Gasteiger partial charge is 0.394 e. The highest BCUT2D eigenvalue weighted by Crippen LogP contribution is 2.29. The minimum atomic E-state index is -0.489. The Kier molecular flexibility index (Phi) is 4.57. The fourth-order valence-electron chi connectivity index (χ4n) is 3.41. The fraction of sp³-hybridized carbons (Fsp3) is 0.444. The van der Waals surface area contributed by atoms with E-state index in [1.165, 1.54) is 0 Å². The topological polar surface area (TPSA) is 79.2 Å². The van der Waals surface area contributed by atoms with Gasteiger partial charge in [0, 0.05) is 5.69 Å². The maximum atomic E-state index is 12.4. The summed E-state index contributed by atoms with van der Waals surface area (Å²) in [6, 6.07) is 9.28. The van der Waals surface area contributed by atoms with Crippen molar-refractivity contribution in [1.82, 2.24) is 15.1 Å². The van der Waals surface area contributed by atoms with Crippen molar-refractivity contribution in [2.75, 3.05) is 11.9 Å². The van der Waals surface area contributed by atoms with Gasteiger partial charge in [-0.25, -0.2) is 9.48 Å². The molecular formula is C18H24N4O2. The van der Waals surface area contributed by atoms with Crippen LogP contribution in [0, 0.1) is 13.8 Å². The van der Waals surface area contributed by atoms with Crippen LogP contribution in [-0.4, -0.2) is 33.1 Å². The van der Waals surface area contributed by atoms with Gasteiger partial charge in [-0.05, 0) is 44.9 Å². The van der Waals surface area contributed by atoms with E-state index in [1.807, 2.05) is 48.9 Å². The van der Waals surface area contributed by atoms with Crippen LogP contribution in [0.25, 0.3) is 5.69 Å². The lowest BCUT2D eigenvalue weighted by molar-refractivity contribution is 0.167. The van der Waals surface area contributed by atoms with Gasteiger partial charge in [0.2, 0.25) is 0 Å². The van der Waals surface area contributed by atoms with Gasteiger partial charge in [0.15, 0.2) is 0 Å². The Morgan fingerprint density at radius 3 is 2.62 bits per heavy atom. The second kappa shape index (κ2) is 6.65. The summed E-state index contributed by atoms with van der Waals surface area (Å²) >= 11 is 0. The summed E-state index contributed by atoms with van der Waals surface area (Å²) in [5, 5.41) is 20.0. The summed E-state index contributed by atoms with van der Waals surface area (Å²) in [6.07, 6.45) is 3.69. The number of hydrogen-bond donors (Lipinski definition) is 3. The zero-order valence-electron chi connectivity index (χ0n) is 14.2. The average Bonchev–Trinajstić information content (AvgIpc) is 3.14. The molecule has 2 amide bonds. The molecule has 1 aliphatic rings. The number of aliphatic hydroxyl groups excluding tert-OH is 1. The molecule has 128 valence electrons. The molecule has 1 aliphatic carbocycles. The van der Waals surface area contributed by atoms with Gasteiger partial charge in [-0.2, -0.15) is 5.10 Å². The van der Waals surface area contributed by atoms with Crippen LogP contribution < -0.4 is 10.6 Å². The van der Waals surface area contributed by atoms with Gasteiger partial charge >= 0.3 is 6.03 Å². The van der Waals surface area contributed by atoms with Crippen LogP contribution in [0.2, 0.25) is 0 Å². The van der Waals surface area contributed by atoms with Gasteiger partial charge in [-0.15, -0.1) is 0 Å². The Labute approximate surface area is 141 Å². The lowest BCUT2D eigenvalue weighted by atomic mass is 9.99. The Bertz CT molecular complexity index is 732. The van der Waals surface area contributed by atoms with E-state index < -0.39 is 5.54 Å². The van der Waals surface area contributed by atoms with E-state index in [0.29, 0.717) is 5.69 Å². The zero-order chi connectivity index (χ0) is 17.2. The van der Waals surface area contributed by atoms with Gasteiger partial charge in [-0.3, -0.25) is 0 Å². The number of aromatic nitrogens is 2. The number of para-hydroxylation sites is 2. The third-order valence-corrected chi connectivity index (χ3v) is 4.63. The number of rotatable bonds is 4. The molecule has 3 N–H and O–H groups in total. The van der Waals surface area contributed by atoms with Crippen LogP contribution in [0.4, 0.5) is 10.5 Å². The van der Waals surface area contributed by atoms with Gasteiger partial charge in [0.25, 0.3) is 0 Å². The number of aliphatic hydroxyl groups is 1. The molecule has 24 heavy (non-hydrogen) atoms. The van der Waals surface area contributed by atoms with Crippen molar-refractivity contribution in [3.05, 3.63) is 41.7 Å². The van der Waals surface area contributed by atoms with E-state index in [2.05, 4.69) is 15.7 Å². The van der Waals surface area contributed by atoms with Crippen molar-refractivity contribution >= 4 is 11.7 Å². The third-order valence-electron chi connectivity index (χ3n) is 4.63. The van der Waals surface area contributed by atoms with Crippen molar-refractivity contribution in [3.63, 3.8) is 0 Å². The molecule has 1 heterocycles. The predicted molar refractivity (Wildman–Crippen MR) is 93.5 cm³/mol. The molecule has 1 saturated carbocycles. The highest BCUT2D eigenvalue weighted by atomic mass is 16.3. The smallest absolute Gasteiger partial charge is 0.319 e. The van der Waals surface area contributed by atoms with E-state index in [0.717, 1.165) is 42.8 Å². The minimum Gasteiger partial charge on any atom is -0.394 e. The van der Waals surface area contributed by atoms with Crippen LogP contribution in [0.3, 0.4) is 0 Å². The standard InChI is InChI=1S/C18H24N4O2/c1-13-11-14(2)22(21-13)16-8-4-3-7-15(16)19-17(24)20-18(12-23)9-5-6-10-18/h3-4,7-8,11,23H,5-6,9-10,12H2,1-2H3,(H2,19,20,24). The first kappa shape index (κ1) is 16.5. The SMILES string of the molecule is Cc1cc(C)n(-c2ccccc2NC(=O)NC2(CO)CCCC2)n1. The Morgan fingerprint density at radius 1 is 1.29 bits per heavy atom. The Morgan fingerprint density at radius 2 is 2.00 bits per heavy atom. The second-order valence-corrected chi connectivity index (χ2v) is 6.58. The highest BCUT2D eigenvalue weighted by Gasteiger charge is 2.34. The van der Waals surface area contributed by atoms with E-state index in [1.54, 1.807) is 0 Å². The van der Waals surface area contributed by atoms with Gasteiger partial charge in [-0.1, -0.05) is 25.0 Å². The second-order valence-electron chi connectivity index (χ2n) is 6.58. The molecule has 6 heteroatoms. The number of hydrogen-bond acceptors (Lipinski definition) is 3. The van der Waals surface area contributed by atoms with E-state index in [-0.39, 0.29) is 12.6 Å². The first-order valence-electron chi connectivity index (χ1n) is 8.36. The van der Waals surface area contributed by atoms with Gasteiger partial charge in [0.1, 0.15) is 0 Å². The normalized spacial score (nSPS) is 16.1. The maximum absolute atomic E-state index is 12.4. The molecule has 6 nitrogen and oxygen atoms in total. The number of anilines is 1. The summed E-state index contributed by atoms with van der Waals surface area (Å²) < 4.78 is 1.82. The molecule has 1 fully saturated rings. The highest BCUT2D eigenvalue weighted by molar-refractivity contribution is 5.92. The van der Waals surface area contributed by atoms with Crippen molar-refractivity contribution in [2.45, 2.75) is 45.1 Å². The summed E-state index contributed by atoms with van der Waals surface area (Å²) in [7, 11) is 0. The van der Waals surface area contributed by atoms with E-state index in [4.69, 9.17) is 0 Å². The van der Waals surface area contributed by atoms with Gasteiger partial charge < -0.3 is 15.7 Å². The summed E-state index contributed by atoms with van der Waals surface area (Å²) in [5.74, 6) is 0. The van der Waals surface area contributed by atoms with Crippen LogP contribution in [-0.2, 0) is 0 Å². The average molecular weight is 328 g/mol. The fourth-order valence-corrected chi connectivity index (χ4v) is 3.41. The molecule has 1 aromatic carbocycles. The van der Waals surface area contributed by atoms with Crippen molar-refractivity contribution in [3.8, 4) is 5.69 Å². The van der Waals surface area contributed by atoms with Crippen molar-refractivity contribution in [1.29, 1.82) is 0 Å². The summed E-state index contributed by atoms with van der Waals surface area (Å²) in [5.41, 5.74) is 2.95. The number of benzene rings is 1. The van der Waals surface area contributed by atoms with Crippen LogP contribution in [0.5, 0.6) is 0 Å². The predicted octanol–water partition coefficient (Wildman–Crippen LogP) is 2.92.